The van der Waals surface area contributed by atoms with Crippen LogP contribution in [-0.4, -0.2) is 14.7 Å². The maximum atomic E-state index is 12.0. The van der Waals surface area contributed by atoms with Gasteiger partial charge < -0.3 is 23.7 Å². The molecule has 0 aliphatic heterocycles. The van der Waals surface area contributed by atoms with Crippen molar-refractivity contribution in [2.75, 3.05) is 0 Å². The zero-order chi connectivity index (χ0) is 14.9. The van der Waals surface area contributed by atoms with E-state index in [9.17, 15) is 4.57 Å². The van der Waals surface area contributed by atoms with Gasteiger partial charge in [0.15, 0.2) is 0 Å². The summed E-state index contributed by atoms with van der Waals surface area (Å²) in [7, 11) is -7.95. The molecule has 0 spiro atoms. The standard InChI is InChI=1S/C10H11O3P.H3O4P/c1-3-12-14(11,13-4-2)10-8-6-5-7-9-10;1-5(2,3)4/h3-9H,1-2H2;(H3,1,2,3,4). The average molecular weight is 308 g/mol. The highest BCUT2D eigenvalue weighted by Crippen LogP contribution is 2.47. The van der Waals surface area contributed by atoms with Gasteiger partial charge in [0.2, 0.25) is 0 Å². The van der Waals surface area contributed by atoms with Crippen LogP contribution in [0.1, 0.15) is 0 Å². The summed E-state index contributed by atoms with van der Waals surface area (Å²) in [4.78, 5) is 21.6. The summed E-state index contributed by atoms with van der Waals surface area (Å²) in [5.41, 5.74) is 0. The van der Waals surface area contributed by atoms with E-state index in [2.05, 4.69) is 13.2 Å². The normalized spacial score (nSPS) is 10.7. The van der Waals surface area contributed by atoms with Crippen molar-refractivity contribution >= 4 is 20.7 Å². The fraction of sp³-hybridized carbons (Fsp3) is 0. The first kappa shape index (κ1) is 17.6. The van der Waals surface area contributed by atoms with Crippen LogP contribution in [0.2, 0.25) is 0 Å². The van der Waals surface area contributed by atoms with Crippen molar-refractivity contribution in [2.24, 2.45) is 0 Å². The van der Waals surface area contributed by atoms with E-state index in [1.807, 2.05) is 6.07 Å². The molecule has 1 aromatic carbocycles. The summed E-state index contributed by atoms with van der Waals surface area (Å²) in [5, 5.41) is 0.472. The monoisotopic (exact) mass is 308 g/mol. The first-order valence-corrected chi connectivity index (χ1v) is 7.86. The molecule has 0 fully saturated rings. The van der Waals surface area contributed by atoms with Crippen LogP contribution in [0.15, 0.2) is 56.0 Å². The largest absolute Gasteiger partial charge is 0.466 e. The molecule has 0 heterocycles. The summed E-state index contributed by atoms with van der Waals surface area (Å²) in [6.45, 7) is 6.69. The molecule has 106 valence electrons. The second kappa shape index (κ2) is 7.94. The quantitative estimate of drug-likeness (QED) is 0.562. The van der Waals surface area contributed by atoms with E-state index in [0.29, 0.717) is 5.30 Å². The van der Waals surface area contributed by atoms with Gasteiger partial charge >= 0.3 is 15.4 Å². The molecule has 0 radical (unpaired) electrons. The van der Waals surface area contributed by atoms with Crippen LogP contribution in [0.4, 0.5) is 0 Å². The molecule has 9 heteroatoms. The van der Waals surface area contributed by atoms with Crippen LogP contribution < -0.4 is 5.30 Å². The van der Waals surface area contributed by atoms with Gasteiger partial charge in [0, 0.05) is 0 Å². The molecular weight excluding hydrogens is 294 g/mol. The molecule has 1 rings (SSSR count). The van der Waals surface area contributed by atoms with Crippen LogP contribution in [0, 0.1) is 0 Å². The molecule has 3 N–H and O–H groups in total. The lowest BCUT2D eigenvalue weighted by atomic mass is 10.4. The molecule has 19 heavy (non-hydrogen) atoms. The summed E-state index contributed by atoms with van der Waals surface area (Å²) < 4.78 is 30.7. The fourth-order valence-electron chi connectivity index (χ4n) is 0.953. The lowest BCUT2D eigenvalue weighted by Gasteiger charge is -2.14. The Labute approximate surface area is 110 Å². The van der Waals surface area contributed by atoms with Crippen LogP contribution >= 0.6 is 15.4 Å². The van der Waals surface area contributed by atoms with Crippen molar-refractivity contribution < 1.29 is 32.9 Å². The van der Waals surface area contributed by atoms with Gasteiger partial charge in [-0.1, -0.05) is 31.4 Å². The minimum atomic E-state index is -4.64. The van der Waals surface area contributed by atoms with Crippen molar-refractivity contribution in [1.29, 1.82) is 0 Å². The van der Waals surface area contributed by atoms with E-state index in [0.717, 1.165) is 12.5 Å². The summed E-state index contributed by atoms with van der Waals surface area (Å²) in [5.74, 6) is 0. The molecular formula is C10H14O7P2. The van der Waals surface area contributed by atoms with Crippen LogP contribution in [0.25, 0.3) is 0 Å². The predicted octanol–water partition coefficient (Wildman–Crippen LogP) is 1.90. The highest BCUT2D eigenvalue weighted by molar-refractivity contribution is 7.62. The number of rotatable bonds is 5. The molecule has 1 aromatic rings. The van der Waals surface area contributed by atoms with Crippen molar-refractivity contribution in [1.82, 2.24) is 0 Å². The number of benzene rings is 1. The molecule has 0 amide bonds. The van der Waals surface area contributed by atoms with Gasteiger partial charge in [0.25, 0.3) is 0 Å². The van der Waals surface area contributed by atoms with E-state index in [-0.39, 0.29) is 0 Å². The average Bonchev–Trinajstić information content (AvgIpc) is 2.29. The van der Waals surface area contributed by atoms with Gasteiger partial charge in [-0.15, -0.1) is 0 Å². The molecule has 0 bridgehead atoms. The zero-order valence-electron chi connectivity index (χ0n) is 9.82. The third kappa shape index (κ3) is 8.37. The fourth-order valence-corrected chi connectivity index (χ4v) is 2.18. The number of hydrogen-bond acceptors (Lipinski definition) is 4. The summed E-state index contributed by atoms with van der Waals surface area (Å²) in [6, 6.07) is 8.64. The highest BCUT2D eigenvalue weighted by atomic mass is 31.2. The Hall–Kier alpha value is -1.36. The predicted molar refractivity (Wildman–Crippen MR) is 70.5 cm³/mol. The molecule has 7 nitrogen and oxygen atoms in total. The summed E-state index contributed by atoms with van der Waals surface area (Å²) in [6.07, 6.45) is 2.19. The van der Waals surface area contributed by atoms with Gasteiger partial charge in [-0.25, -0.2) is 9.13 Å². The molecule has 0 atom stereocenters. The van der Waals surface area contributed by atoms with Gasteiger partial charge in [0.1, 0.15) is 0 Å². The van der Waals surface area contributed by atoms with Gasteiger partial charge in [-0.2, -0.15) is 0 Å². The number of phosphoric acid groups is 1. The van der Waals surface area contributed by atoms with Crippen LogP contribution in [0.3, 0.4) is 0 Å². The molecule has 0 aliphatic rings. The van der Waals surface area contributed by atoms with Crippen LogP contribution in [-0.2, 0) is 18.2 Å². The van der Waals surface area contributed by atoms with Crippen molar-refractivity contribution in [3.05, 3.63) is 56.0 Å². The van der Waals surface area contributed by atoms with E-state index in [4.69, 9.17) is 28.3 Å². The Balaban J connectivity index is 0.000000555. The highest BCUT2D eigenvalue weighted by Gasteiger charge is 2.27. The smallest absolute Gasteiger partial charge is 0.421 e. The lowest BCUT2D eigenvalue weighted by molar-refractivity contribution is 0.275. The summed E-state index contributed by atoms with van der Waals surface area (Å²) >= 11 is 0. The van der Waals surface area contributed by atoms with E-state index < -0.39 is 15.4 Å². The third-order valence-corrected chi connectivity index (χ3v) is 3.28. The van der Waals surface area contributed by atoms with Crippen molar-refractivity contribution in [2.45, 2.75) is 0 Å². The van der Waals surface area contributed by atoms with Gasteiger partial charge in [0.05, 0.1) is 17.8 Å². The molecule has 0 saturated carbocycles. The number of hydrogen-bond donors (Lipinski definition) is 3. The first-order chi connectivity index (χ1) is 8.73. The Bertz CT molecular complexity index is 472. The minimum Gasteiger partial charge on any atom is -0.421 e. The molecule has 0 aliphatic carbocycles. The molecule has 0 unspecified atom stereocenters. The third-order valence-electron chi connectivity index (χ3n) is 1.50. The second-order valence-corrected chi connectivity index (χ2v) is 5.85. The van der Waals surface area contributed by atoms with Crippen molar-refractivity contribution in [3.8, 4) is 0 Å². The molecule has 0 aromatic heterocycles. The Morgan fingerprint density at radius 2 is 1.32 bits per heavy atom. The van der Waals surface area contributed by atoms with Crippen LogP contribution in [0.5, 0.6) is 0 Å². The van der Waals surface area contributed by atoms with Gasteiger partial charge in [-0.3, -0.25) is 0 Å². The second-order valence-electron chi connectivity index (χ2n) is 2.89. The van der Waals surface area contributed by atoms with E-state index >= 15 is 0 Å². The Morgan fingerprint density at radius 1 is 0.947 bits per heavy atom. The van der Waals surface area contributed by atoms with Crippen molar-refractivity contribution in [3.63, 3.8) is 0 Å². The topological polar surface area (TPSA) is 113 Å². The maximum absolute atomic E-state index is 12.0. The van der Waals surface area contributed by atoms with E-state index in [1.54, 1.807) is 24.3 Å². The molecule has 0 saturated heterocycles. The van der Waals surface area contributed by atoms with E-state index in [1.165, 1.54) is 0 Å². The maximum Gasteiger partial charge on any atom is 0.466 e. The Morgan fingerprint density at radius 3 is 1.63 bits per heavy atom. The lowest BCUT2D eigenvalue weighted by Crippen LogP contribution is -2.05. The first-order valence-electron chi connectivity index (χ1n) is 4.75. The van der Waals surface area contributed by atoms with Gasteiger partial charge in [-0.05, 0) is 12.1 Å². The SMILES string of the molecule is C=COP(=O)(OC=C)c1ccccc1.O=P(O)(O)O. The zero-order valence-corrected chi connectivity index (χ0v) is 11.6. The Kier molecular flexibility index (Phi) is 7.37. The minimum absolute atomic E-state index is 0.472.